The second-order valence-corrected chi connectivity index (χ2v) is 7.26. The van der Waals surface area contributed by atoms with Crippen molar-refractivity contribution in [1.29, 1.82) is 0 Å². The summed E-state index contributed by atoms with van der Waals surface area (Å²) in [5.41, 5.74) is 1.82. The normalized spacial score (nSPS) is 18.6. The van der Waals surface area contributed by atoms with Crippen LogP contribution in [0.5, 0.6) is 5.75 Å². The third-order valence-electron chi connectivity index (χ3n) is 4.95. The lowest BCUT2D eigenvalue weighted by Gasteiger charge is -2.33. The van der Waals surface area contributed by atoms with Gasteiger partial charge in [-0.25, -0.2) is 4.79 Å². The lowest BCUT2D eigenvalue weighted by molar-refractivity contribution is -0.274. The number of halogens is 3. The Hall–Kier alpha value is -3.66. The minimum Gasteiger partial charge on any atom is -0.406 e. The average molecular weight is 444 g/mol. The predicted molar refractivity (Wildman–Crippen MR) is 109 cm³/mol. The summed E-state index contributed by atoms with van der Waals surface area (Å²) in [6, 6.07) is 14.0. The molecule has 7 nitrogen and oxygen atoms in total. The fraction of sp³-hybridized carbons (Fsp3) is 0.227. The highest BCUT2D eigenvalue weighted by Gasteiger charge is 2.31. The quantitative estimate of drug-likeness (QED) is 0.622. The van der Waals surface area contributed by atoms with Gasteiger partial charge in [-0.15, -0.1) is 18.3 Å². The topological polar surface area (TPSA) is 80.5 Å². The minimum atomic E-state index is -4.78. The highest BCUT2D eigenvalue weighted by Crippen LogP contribution is 2.26. The molecule has 2 aromatic carbocycles. The first-order valence-electron chi connectivity index (χ1n) is 9.78. The monoisotopic (exact) mass is 444 g/mol. The number of hydrogen-bond donors (Lipinski definition) is 1. The number of alkyl halides is 3. The van der Waals surface area contributed by atoms with Crippen molar-refractivity contribution in [2.24, 2.45) is 0 Å². The molecule has 0 fully saturated rings. The lowest BCUT2D eigenvalue weighted by Crippen LogP contribution is -2.49. The van der Waals surface area contributed by atoms with Gasteiger partial charge in [0.25, 0.3) is 0 Å². The number of carbonyl (C=O) groups excluding carboxylic acids is 1. The molecule has 0 saturated carbocycles. The first-order chi connectivity index (χ1) is 15.3. The average Bonchev–Trinajstić information content (AvgIpc) is 3.25. The zero-order chi connectivity index (χ0) is 22.7. The maximum atomic E-state index is 13.1. The van der Waals surface area contributed by atoms with Crippen molar-refractivity contribution in [1.82, 2.24) is 19.9 Å². The van der Waals surface area contributed by atoms with Gasteiger partial charge in [0.1, 0.15) is 11.4 Å². The van der Waals surface area contributed by atoms with Crippen molar-refractivity contribution in [3.05, 3.63) is 78.5 Å². The van der Waals surface area contributed by atoms with Crippen molar-refractivity contribution in [3.8, 4) is 17.0 Å². The Labute approximate surface area is 181 Å². The van der Waals surface area contributed by atoms with Crippen molar-refractivity contribution < 1.29 is 27.8 Å². The Morgan fingerprint density at radius 3 is 2.50 bits per heavy atom. The van der Waals surface area contributed by atoms with Gasteiger partial charge in [0.15, 0.2) is 0 Å². The van der Waals surface area contributed by atoms with Gasteiger partial charge in [-0.3, -0.25) is 0 Å². The van der Waals surface area contributed by atoms with Crippen molar-refractivity contribution in [3.63, 3.8) is 0 Å². The summed E-state index contributed by atoms with van der Waals surface area (Å²) in [5, 5.41) is 17.9. The van der Waals surface area contributed by atoms with Crippen LogP contribution >= 0.6 is 0 Å². The van der Waals surface area contributed by atoms with Crippen LogP contribution in [0.1, 0.15) is 5.56 Å². The molecule has 1 amide bonds. The second kappa shape index (κ2) is 8.83. The highest BCUT2D eigenvalue weighted by atomic mass is 19.4. The molecule has 2 heterocycles. The molecular weight excluding hydrogens is 425 g/mol. The van der Waals surface area contributed by atoms with E-state index in [0.717, 1.165) is 22.4 Å². The molecule has 0 bridgehead atoms. The minimum absolute atomic E-state index is 0.103. The Morgan fingerprint density at radius 1 is 1.09 bits per heavy atom. The summed E-state index contributed by atoms with van der Waals surface area (Å²) in [5.74, 6) is -0.359. The van der Waals surface area contributed by atoms with E-state index < -0.39 is 18.5 Å². The van der Waals surface area contributed by atoms with Gasteiger partial charge in [-0.05, 0) is 36.2 Å². The molecule has 32 heavy (non-hydrogen) atoms. The van der Waals surface area contributed by atoms with Gasteiger partial charge in [0.2, 0.25) is 0 Å². The van der Waals surface area contributed by atoms with Crippen molar-refractivity contribution in [2.75, 3.05) is 6.54 Å². The number of nitrogens with zero attached hydrogens (tertiary/aromatic N) is 4. The fourth-order valence-electron chi connectivity index (χ4n) is 3.46. The molecule has 1 aromatic heterocycles. The van der Waals surface area contributed by atoms with Crippen LogP contribution in [0.25, 0.3) is 11.3 Å². The van der Waals surface area contributed by atoms with E-state index in [1.54, 1.807) is 12.2 Å². The molecule has 0 unspecified atom stereocenters. The maximum absolute atomic E-state index is 13.1. The van der Waals surface area contributed by atoms with Crippen LogP contribution in [-0.4, -0.2) is 56.1 Å². The summed E-state index contributed by atoms with van der Waals surface area (Å²) < 4.78 is 41.9. The Morgan fingerprint density at radius 2 is 1.81 bits per heavy atom. The van der Waals surface area contributed by atoms with Gasteiger partial charge < -0.3 is 14.7 Å². The number of aliphatic hydroxyl groups is 1. The standard InChI is InChI=1S/C22H19F3N4O3/c23-22(24,25)32-19-10-6-16(7-11-19)20-14-29(27-26-20)21(31)28-13-18(30)9-8-17(28)12-15-4-2-1-3-5-15/h1-11,14,17-18,30H,12-13H2/t17-,18-/m1/s1. The molecule has 10 heteroatoms. The number of carbonyl (C=O) groups is 1. The largest absolute Gasteiger partial charge is 0.573 e. The Balaban J connectivity index is 1.51. The van der Waals surface area contributed by atoms with E-state index in [0.29, 0.717) is 17.7 Å². The lowest BCUT2D eigenvalue weighted by atomic mass is 10.0. The summed E-state index contributed by atoms with van der Waals surface area (Å²) in [6.45, 7) is 0.103. The highest BCUT2D eigenvalue weighted by molar-refractivity contribution is 5.78. The number of aliphatic hydroxyl groups excluding tert-OH is 1. The summed E-state index contributed by atoms with van der Waals surface area (Å²) in [7, 11) is 0. The van der Waals surface area contributed by atoms with Crippen LogP contribution in [-0.2, 0) is 6.42 Å². The first kappa shape index (κ1) is 21.6. The molecule has 1 N–H and O–H groups in total. The van der Waals surface area contributed by atoms with Gasteiger partial charge in [0.05, 0.1) is 24.9 Å². The number of β-amino-alcohol motifs (C(OH)–C–C–N with tert-alkyl or cyclic N) is 1. The third kappa shape index (κ3) is 5.14. The molecule has 0 aliphatic carbocycles. The summed E-state index contributed by atoms with van der Waals surface area (Å²) >= 11 is 0. The van der Waals surface area contributed by atoms with E-state index in [9.17, 15) is 23.1 Å². The van der Waals surface area contributed by atoms with E-state index in [2.05, 4.69) is 15.0 Å². The SMILES string of the molecule is O=C(N1C[C@H](O)C=C[C@@H]1Cc1ccccc1)n1cc(-c2ccc(OC(F)(F)F)cc2)nn1. The molecule has 1 aliphatic rings. The number of hydrogen-bond acceptors (Lipinski definition) is 5. The van der Waals surface area contributed by atoms with E-state index in [1.165, 1.54) is 23.2 Å². The van der Waals surface area contributed by atoms with Crippen LogP contribution in [0.4, 0.5) is 18.0 Å². The van der Waals surface area contributed by atoms with Crippen molar-refractivity contribution >= 4 is 6.03 Å². The summed E-state index contributed by atoms with van der Waals surface area (Å²) in [6.07, 6.45) is -0.161. The zero-order valence-corrected chi connectivity index (χ0v) is 16.7. The van der Waals surface area contributed by atoms with Crippen LogP contribution in [0, 0.1) is 0 Å². The zero-order valence-electron chi connectivity index (χ0n) is 16.7. The van der Waals surface area contributed by atoms with Gasteiger partial charge >= 0.3 is 12.4 Å². The van der Waals surface area contributed by atoms with E-state index in [4.69, 9.17) is 0 Å². The Kier molecular flexibility index (Phi) is 5.95. The van der Waals surface area contributed by atoms with Crippen LogP contribution in [0.15, 0.2) is 72.9 Å². The third-order valence-corrected chi connectivity index (χ3v) is 4.95. The molecule has 0 saturated heterocycles. The second-order valence-electron chi connectivity index (χ2n) is 7.26. The van der Waals surface area contributed by atoms with Crippen molar-refractivity contribution in [2.45, 2.75) is 24.9 Å². The molecule has 0 radical (unpaired) electrons. The number of ether oxygens (including phenoxy) is 1. The first-order valence-corrected chi connectivity index (χ1v) is 9.78. The molecule has 4 rings (SSSR count). The van der Waals surface area contributed by atoms with E-state index in [-0.39, 0.29) is 18.3 Å². The smallest absolute Gasteiger partial charge is 0.406 e. The number of aromatic nitrogens is 3. The van der Waals surface area contributed by atoms with E-state index >= 15 is 0 Å². The predicted octanol–water partition coefficient (Wildman–Crippen LogP) is 3.66. The molecule has 166 valence electrons. The number of rotatable bonds is 4. The maximum Gasteiger partial charge on any atom is 0.573 e. The van der Waals surface area contributed by atoms with E-state index in [1.807, 2.05) is 30.3 Å². The molecule has 3 aromatic rings. The van der Waals surface area contributed by atoms with Crippen LogP contribution < -0.4 is 4.74 Å². The molecule has 0 spiro atoms. The van der Waals surface area contributed by atoms with Gasteiger partial charge in [-0.1, -0.05) is 47.7 Å². The molecular formula is C22H19F3N4O3. The fourth-order valence-corrected chi connectivity index (χ4v) is 3.46. The van der Waals surface area contributed by atoms with Gasteiger partial charge in [-0.2, -0.15) is 4.68 Å². The van der Waals surface area contributed by atoms with Crippen LogP contribution in [0.3, 0.4) is 0 Å². The summed E-state index contributed by atoms with van der Waals surface area (Å²) in [4.78, 5) is 14.6. The number of benzene rings is 2. The molecule has 1 aliphatic heterocycles. The van der Waals surface area contributed by atoms with Gasteiger partial charge in [0, 0.05) is 5.56 Å². The van der Waals surface area contributed by atoms with Crippen LogP contribution in [0.2, 0.25) is 0 Å². The Bertz CT molecular complexity index is 1100. The number of amides is 1. The molecule has 2 atom stereocenters.